The highest BCUT2D eigenvalue weighted by atomic mass is 16.1. The average Bonchev–Trinajstić information content (AvgIpc) is 3.07. The van der Waals surface area contributed by atoms with Crippen LogP contribution in [0, 0.1) is 0 Å². The van der Waals surface area contributed by atoms with E-state index in [9.17, 15) is 4.79 Å². The number of nitrogens with one attached hydrogen (secondary N) is 1. The zero-order valence-corrected chi connectivity index (χ0v) is 16.5. The van der Waals surface area contributed by atoms with Gasteiger partial charge in [0.05, 0.1) is 16.6 Å². The maximum Gasteiger partial charge on any atom is 0.326 e. The van der Waals surface area contributed by atoms with E-state index >= 15 is 0 Å². The fourth-order valence-corrected chi connectivity index (χ4v) is 4.22. The Bertz CT molecular complexity index is 1200. The summed E-state index contributed by atoms with van der Waals surface area (Å²) in [5.41, 5.74) is 3.86. The molecular weight excluding hydrogens is 364 g/mol. The zero-order chi connectivity index (χ0) is 19.8. The van der Waals surface area contributed by atoms with E-state index in [-0.39, 0.29) is 5.69 Å². The van der Waals surface area contributed by atoms with Gasteiger partial charge in [-0.1, -0.05) is 30.3 Å². The van der Waals surface area contributed by atoms with Crippen LogP contribution in [0.3, 0.4) is 0 Å². The first-order valence-corrected chi connectivity index (χ1v) is 10.1. The molecular formula is C22H24N6O. The molecule has 2 aromatic carbocycles. The fraction of sp³-hybridized carbons (Fsp3) is 0.318. The molecule has 0 spiro atoms. The van der Waals surface area contributed by atoms with Crippen molar-refractivity contribution >= 4 is 27.8 Å². The van der Waals surface area contributed by atoms with E-state index in [1.165, 1.54) is 5.56 Å². The van der Waals surface area contributed by atoms with Crippen LogP contribution in [0.2, 0.25) is 0 Å². The van der Waals surface area contributed by atoms with Crippen molar-refractivity contribution in [2.45, 2.75) is 20.0 Å². The van der Waals surface area contributed by atoms with Crippen LogP contribution in [0.15, 0.2) is 53.6 Å². The smallest absolute Gasteiger partial charge is 0.326 e. The van der Waals surface area contributed by atoms with Crippen LogP contribution in [0.25, 0.3) is 21.9 Å². The summed E-state index contributed by atoms with van der Waals surface area (Å²) in [4.78, 5) is 29.0. The van der Waals surface area contributed by atoms with Crippen molar-refractivity contribution < 1.29 is 0 Å². The maximum absolute atomic E-state index is 12.2. The number of hydrogen-bond acceptors (Lipinski definition) is 5. The topological polar surface area (TPSA) is 70.1 Å². The Morgan fingerprint density at radius 2 is 1.83 bits per heavy atom. The van der Waals surface area contributed by atoms with Gasteiger partial charge in [-0.2, -0.15) is 0 Å². The van der Waals surface area contributed by atoms with Crippen molar-refractivity contribution in [1.82, 2.24) is 24.4 Å². The molecule has 2 aromatic heterocycles. The van der Waals surface area contributed by atoms with Gasteiger partial charge in [-0.25, -0.2) is 14.8 Å². The lowest BCUT2D eigenvalue weighted by Crippen LogP contribution is -2.46. The number of anilines is 1. The number of piperazine rings is 1. The van der Waals surface area contributed by atoms with Gasteiger partial charge in [-0.05, 0) is 24.6 Å². The molecule has 7 nitrogen and oxygen atoms in total. The number of hydrogen-bond donors (Lipinski definition) is 1. The molecule has 1 saturated heterocycles. The van der Waals surface area contributed by atoms with Gasteiger partial charge in [0, 0.05) is 44.7 Å². The highest BCUT2D eigenvalue weighted by Crippen LogP contribution is 2.27. The van der Waals surface area contributed by atoms with Crippen LogP contribution in [0.4, 0.5) is 5.82 Å². The van der Waals surface area contributed by atoms with Gasteiger partial charge in [0.15, 0.2) is 0 Å². The van der Waals surface area contributed by atoms with Gasteiger partial charge in [-0.15, -0.1) is 0 Å². The van der Waals surface area contributed by atoms with Crippen LogP contribution in [0.5, 0.6) is 0 Å². The number of imidazole rings is 1. The Hall–Kier alpha value is -3.19. The van der Waals surface area contributed by atoms with Gasteiger partial charge in [-0.3, -0.25) is 9.47 Å². The average molecular weight is 388 g/mol. The molecule has 1 N–H and O–H groups in total. The number of rotatable bonds is 4. The number of H-pyrrole nitrogens is 1. The van der Waals surface area contributed by atoms with E-state index in [4.69, 9.17) is 0 Å². The van der Waals surface area contributed by atoms with Crippen LogP contribution < -0.4 is 10.6 Å². The number of nitrogens with zero attached hydrogens (tertiary/aromatic N) is 5. The minimum absolute atomic E-state index is 0.0816. The van der Waals surface area contributed by atoms with E-state index in [2.05, 4.69) is 55.1 Å². The Morgan fingerprint density at radius 3 is 2.59 bits per heavy atom. The molecule has 1 aliphatic heterocycles. The minimum atomic E-state index is -0.0816. The quantitative estimate of drug-likeness (QED) is 0.582. The van der Waals surface area contributed by atoms with Crippen LogP contribution in [-0.2, 0) is 13.1 Å². The minimum Gasteiger partial charge on any atom is -0.353 e. The van der Waals surface area contributed by atoms with Gasteiger partial charge in [0.25, 0.3) is 0 Å². The Morgan fingerprint density at radius 1 is 1.03 bits per heavy atom. The third-order valence-electron chi connectivity index (χ3n) is 5.75. The molecule has 0 atom stereocenters. The number of aromatic amines is 1. The summed E-state index contributed by atoms with van der Waals surface area (Å²) in [6.07, 6.45) is 1.63. The van der Waals surface area contributed by atoms with Gasteiger partial charge in [0.2, 0.25) is 0 Å². The van der Waals surface area contributed by atoms with Crippen LogP contribution in [0.1, 0.15) is 12.5 Å². The number of aryl methyl sites for hydroxylation is 1. The second-order valence-corrected chi connectivity index (χ2v) is 7.51. The second kappa shape index (κ2) is 7.33. The van der Waals surface area contributed by atoms with Crippen molar-refractivity contribution in [1.29, 1.82) is 0 Å². The Labute approximate surface area is 168 Å². The first-order chi connectivity index (χ1) is 14.2. The molecule has 0 saturated carbocycles. The predicted octanol–water partition coefficient (Wildman–Crippen LogP) is 2.61. The molecule has 3 heterocycles. The highest BCUT2D eigenvalue weighted by molar-refractivity contribution is 5.98. The van der Waals surface area contributed by atoms with Gasteiger partial charge >= 0.3 is 5.69 Å². The largest absolute Gasteiger partial charge is 0.353 e. The van der Waals surface area contributed by atoms with E-state index in [1.807, 2.05) is 19.1 Å². The molecule has 0 radical (unpaired) electrons. The van der Waals surface area contributed by atoms with Crippen LogP contribution >= 0.6 is 0 Å². The molecule has 1 fully saturated rings. The molecule has 0 unspecified atom stereocenters. The lowest BCUT2D eigenvalue weighted by atomic mass is 10.1. The molecule has 29 heavy (non-hydrogen) atoms. The third-order valence-corrected chi connectivity index (χ3v) is 5.75. The van der Waals surface area contributed by atoms with Crippen molar-refractivity contribution in [2.24, 2.45) is 0 Å². The number of benzene rings is 2. The second-order valence-electron chi connectivity index (χ2n) is 7.51. The Kier molecular flexibility index (Phi) is 4.52. The molecule has 0 amide bonds. The Balaban J connectivity index is 1.42. The predicted molar refractivity (Wildman–Crippen MR) is 115 cm³/mol. The molecule has 7 heteroatoms. The van der Waals surface area contributed by atoms with Crippen molar-refractivity contribution in [3.8, 4) is 0 Å². The van der Waals surface area contributed by atoms with Gasteiger partial charge < -0.3 is 9.88 Å². The monoisotopic (exact) mass is 388 g/mol. The third kappa shape index (κ3) is 3.27. The fourth-order valence-electron chi connectivity index (χ4n) is 4.22. The standard InChI is InChI=1S/C22H24N6O/c1-2-28-20-13-18-17(12-19(20)25-22(28)29)21(24-15-23-18)27-10-8-26(9-11-27)14-16-6-4-3-5-7-16/h3-7,12-13,15H,2,8-11,14H2,1H3,(H,25,29). The van der Waals surface area contributed by atoms with Crippen LogP contribution in [-0.4, -0.2) is 50.6 Å². The summed E-state index contributed by atoms with van der Waals surface area (Å²) in [6, 6.07) is 14.6. The molecule has 148 valence electrons. The summed E-state index contributed by atoms with van der Waals surface area (Å²) in [5.74, 6) is 0.946. The summed E-state index contributed by atoms with van der Waals surface area (Å²) in [7, 11) is 0. The number of fused-ring (bicyclic) bond motifs is 2. The summed E-state index contributed by atoms with van der Waals surface area (Å²) < 4.78 is 1.74. The maximum atomic E-state index is 12.2. The summed E-state index contributed by atoms with van der Waals surface area (Å²) in [6.45, 7) is 7.40. The number of aromatic nitrogens is 4. The van der Waals surface area contributed by atoms with E-state index in [0.29, 0.717) is 6.54 Å². The van der Waals surface area contributed by atoms with Crippen molar-refractivity contribution in [3.05, 3.63) is 64.8 Å². The molecule has 4 aromatic rings. The van der Waals surface area contributed by atoms with Crippen molar-refractivity contribution in [3.63, 3.8) is 0 Å². The normalized spacial score (nSPS) is 15.4. The first-order valence-electron chi connectivity index (χ1n) is 10.1. The highest BCUT2D eigenvalue weighted by Gasteiger charge is 2.21. The van der Waals surface area contributed by atoms with Crippen molar-refractivity contribution in [2.75, 3.05) is 31.1 Å². The zero-order valence-electron chi connectivity index (χ0n) is 16.5. The lowest BCUT2D eigenvalue weighted by molar-refractivity contribution is 0.249. The molecule has 5 rings (SSSR count). The van der Waals surface area contributed by atoms with Gasteiger partial charge in [0.1, 0.15) is 12.1 Å². The molecule has 0 aliphatic carbocycles. The van der Waals surface area contributed by atoms with E-state index in [1.54, 1.807) is 10.9 Å². The first kappa shape index (κ1) is 17.9. The van der Waals surface area contributed by atoms with E-state index in [0.717, 1.165) is 60.5 Å². The summed E-state index contributed by atoms with van der Waals surface area (Å²) >= 11 is 0. The molecule has 0 bridgehead atoms. The van der Waals surface area contributed by atoms with E-state index < -0.39 is 0 Å². The summed E-state index contributed by atoms with van der Waals surface area (Å²) in [5, 5.41) is 0.987. The molecule has 1 aliphatic rings. The lowest BCUT2D eigenvalue weighted by Gasteiger charge is -2.35. The SMILES string of the molecule is CCn1c(=O)[nH]c2cc3c(N4CCN(Cc5ccccc5)CC4)ncnc3cc21.